The molecule has 5 nitrogen and oxygen atoms in total. The number of aromatic nitrogens is 1. The van der Waals surface area contributed by atoms with Crippen molar-refractivity contribution in [2.75, 3.05) is 13.2 Å². The number of nitrogens with one attached hydrogen (secondary N) is 2. The first-order chi connectivity index (χ1) is 10.7. The second-order valence-corrected chi connectivity index (χ2v) is 6.44. The summed E-state index contributed by atoms with van der Waals surface area (Å²) in [6.07, 6.45) is 7.63. The number of rotatable bonds is 5. The Morgan fingerprint density at radius 1 is 1.45 bits per heavy atom. The number of hydrogen-bond donors (Lipinski definition) is 2. The molecule has 0 bridgehead atoms. The smallest absolute Gasteiger partial charge is 0.237 e. The summed E-state index contributed by atoms with van der Waals surface area (Å²) in [6.45, 7) is 0.821. The monoisotopic (exact) mass is 323 g/mol. The number of hydrogen-bond acceptors (Lipinski definition) is 4. The molecule has 1 aromatic rings. The van der Waals surface area contributed by atoms with Gasteiger partial charge < -0.3 is 15.4 Å². The number of halogens is 1. The largest absolute Gasteiger partial charge is 0.475 e. The van der Waals surface area contributed by atoms with E-state index in [0.29, 0.717) is 36.0 Å². The predicted molar refractivity (Wildman–Crippen MR) is 85.0 cm³/mol. The lowest BCUT2D eigenvalue weighted by molar-refractivity contribution is -0.123. The van der Waals surface area contributed by atoms with Crippen LogP contribution in [0.3, 0.4) is 0 Å². The molecule has 1 amide bonds. The molecule has 0 spiro atoms. The molecule has 0 radical (unpaired) electrons. The zero-order valence-electron chi connectivity index (χ0n) is 12.6. The Hall–Kier alpha value is -1.33. The van der Waals surface area contributed by atoms with Gasteiger partial charge >= 0.3 is 0 Å². The molecule has 3 atom stereocenters. The Morgan fingerprint density at radius 2 is 2.32 bits per heavy atom. The van der Waals surface area contributed by atoms with Crippen LogP contribution in [0.4, 0.5) is 0 Å². The van der Waals surface area contributed by atoms with Gasteiger partial charge in [-0.2, -0.15) is 0 Å². The minimum absolute atomic E-state index is 0.0495. The third-order valence-electron chi connectivity index (χ3n) is 4.54. The Bertz CT molecular complexity index is 512. The van der Waals surface area contributed by atoms with E-state index < -0.39 is 0 Å². The second kappa shape index (κ2) is 7.29. The highest BCUT2D eigenvalue weighted by Crippen LogP contribution is 2.33. The van der Waals surface area contributed by atoms with Crippen LogP contribution >= 0.6 is 11.6 Å². The van der Waals surface area contributed by atoms with Gasteiger partial charge in [-0.05, 0) is 37.3 Å². The lowest BCUT2D eigenvalue weighted by atomic mass is 9.85. The molecule has 2 fully saturated rings. The Morgan fingerprint density at radius 3 is 3.14 bits per heavy atom. The molecular formula is C16H22ClN3O2. The van der Waals surface area contributed by atoms with E-state index in [0.717, 1.165) is 6.42 Å². The van der Waals surface area contributed by atoms with Gasteiger partial charge in [0.05, 0.1) is 12.6 Å². The Balaban J connectivity index is 1.39. The summed E-state index contributed by atoms with van der Waals surface area (Å²) in [5.41, 5.74) is 0. The molecule has 1 aromatic heterocycles. The quantitative estimate of drug-likeness (QED) is 0.815. The van der Waals surface area contributed by atoms with Gasteiger partial charge in [-0.15, -0.1) is 0 Å². The summed E-state index contributed by atoms with van der Waals surface area (Å²) in [6, 6.07) is 3.97. The molecule has 120 valence electrons. The van der Waals surface area contributed by atoms with Crippen molar-refractivity contribution in [3.63, 3.8) is 0 Å². The normalized spacial score (nSPS) is 27.2. The second-order valence-electron chi connectivity index (χ2n) is 6.04. The van der Waals surface area contributed by atoms with Gasteiger partial charge in [0.1, 0.15) is 11.6 Å². The molecule has 2 aliphatic rings. The lowest BCUT2D eigenvalue weighted by Gasteiger charge is -2.24. The van der Waals surface area contributed by atoms with Gasteiger partial charge in [0.15, 0.2) is 0 Å². The number of ether oxygens (including phenoxy) is 1. The van der Waals surface area contributed by atoms with Crippen LogP contribution in [0.15, 0.2) is 18.3 Å². The molecule has 3 rings (SSSR count). The average Bonchev–Trinajstić information content (AvgIpc) is 2.97. The summed E-state index contributed by atoms with van der Waals surface area (Å²) < 4.78 is 5.47. The maximum Gasteiger partial charge on any atom is 0.237 e. The van der Waals surface area contributed by atoms with Gasteiger partial charge in [-0.3, -0.25) is 4.79 Å². The molecular weight excluding hydrogens is 302 g/mol. The van der Waals surface area contributed by atoms with Crippen molar-refractivity contribution in [2.45, 2.75) is 44.2 Å². The van der Waals surface area contributed by atoms with Crippen LogP contribution < -0.4 is 15.4 Å². The summed E-state index contributed by atoms with van der Waals surface area (Å²) in [7, 11) is 0. The summed E-state index contributed by atoms with van der Waals surface area (Å²) in [5.74, 6) is 1.15. The highest BCUT2D eigenvalue weighted by molar-refractivity contribution is 6.31. The first-order valence-corrected chi connectivity index (χ1v) is 8.39. The average molecular weight is 324 g/mol. The van der Waals surface area contributed by atoms with Crippen molar-refractivity contribution >= 4 is 17.5 Å². The first kappa shape index (κ1) is 15.6. The minimum Gasteiger partial charge on any atom is -0.475 e. The van der Waals surface area contributed by atoms with E-state index in [9.17, 15) is 4.79 Å². The topological polar surface area (TPSA) is 63.2 Å². The van der Waals surface area contributed by atoms with E-state index in [4.69, 9.17) is 16.3 Å². The third-order valence-corrected chi connectivity index (χ3v) is 4.83. The van der Waals surface area contributed by atoms with Crippen molar-refractivity contribution in [3.8, 4) is 5.88 Å². The number of carbonyl (C=O) groups is 1. The predicted octanol–water partition coefficient (Wildman–Crippen LogP) is 2.15. The van der Waals surface area contributed by atoms with Gasteiger partial charge in [0.2, 0.25) is 11.8 Å². The molecule has 1 aliphatic carbocycles. The fraction of sp³-hybridized carbons (Fsp3) is 0.625. The van der Waals surface area contributed by atoms with E-state index >= 15 is 0 Å². The number of amides is 1. The standard InChI is InChI=1S/C16H22ClN3O2/c17-12-5-3-7-19-16(12)22-9-8-18-15(21)14-10-11-4-1-2-6-13(11)20-14/h3,5,7,11,13-14,20H,1-2,4,6,8-10H2,(H,18,21). The van der Waals surface area contributed by atoms with Crippen LogP contribution in [0.25, 0.3) is 0 Å². The minimum atomic E-state index is -0.0495. The van der Waals surface area contributed by atoms with Crippen molar-refractivity contribution in [1.82, 2.24) is 15.6 Å². The molecule has 2 heterocycles. The van der Waals surface area contributed by atoms with Crippen molar-refractivity contribution in [3.05, 3.63) is 23.4 Å². The SMILES string of the molecule is O=C(NCCOc1ncccc1Cl)C1CC2CCCCC2N1. The van der Waals surface area contributed by atoms with E-state index in [1.807, 2.05) is 0 Å². The van der Waals surface area contributed by atoms with Crippen molar-refractivity contribution < 1.29 is 9.53 Å². The van der Waals surface area contributed by atoms with Crippen LogP contribution in [0.5, 0.6) is 5.88 Å². The Kier molecular flexibility index (Phi) is 5.16. The van der Waals surface area contributed by atoms with Crippen LogP contribution in [0.1, 0.15) is 32.1 Å². The van der Waals surface area contributed by atoms with Crippen molar-refractivity contribution in [2.24, 2.45) is 5.92 Å². The molecule has 1 saturated heterocycles. The molecule has 22 heavy (non-hydrogen) atoms. The van der Waals surface area contributed by atoms with E-state index in [1.54, 1.807) is 18.3 Å². The molecule has 2 N–H and O–H groups in total. The molecule has 0 aromatic carbocycles. The van der Waals surface area contributed by atoms with Crippen LogP contribution in [0.2, 0.25) is 5.02 Å². The van der Waals surface area contributed by atoms with E-state index in [-0.39, 0.29) is 11.9 Å². The van der Waals surface area contributed by atoms with Gasteiger partial charge in [-0.1, -0.05) is 24.4 Å². The summed E-state index contributed by atoms with van der Waals surface area (Å²) in [5, 5.41) is 6.88. The van der Waals surface area contributed by atoms with E-state index in [1.165, 1.54) is 25.7 Å². The molecule has 6 heteroatoms. The number of pyridine rings is 1. The molecule has 3 unspecified atom stereocenters. The Labute approximate surface area is 135 Å². The summed E-state index contributed by atoms with van der Waals surface area (Å²) >= 11 is 5.95. The van der Waals surface area contributed by atoms with Gasteiger partial charge in [0, 0.05) is 12.2 Å². The van der Waals surface area contributed by atoms with Crippen LogP contribution in [-0.2, 0) is 4.79 Å². The summed E-state index contributed by atoms with van der Waals surface area (Å²) in [4.78, 5) is 16.2. The fourth-order valence-electron chi connectivity index (χ4n) is 3.44. The van der Waals surface area contributed by atoms with Crippen LogP contribution in [0, 0.1) is 5.92 Å². The number of nitrogens with zero attached hydrogens (tertiary/aromatic N) is 1. The molecule has 1 aliphatic heterocycles. The molecule has 1 saturated carbocycles. The third kappa shape index (κ3) is 3.70. The zero-order chi connectivity index (χ0) is 15.4. The maximum atomic E-state index is 12.2. The van der Waals surface area contributed by atoms with E-state index in [2.05, 4.69) is 15.6 Å². The first-order valence-electron chi connectivity index (χ1n) is 8.01. The number of fused-ring (bicyclic) bond motifs is 1. The fourth-order valence-corrected chi connectivity index (χ4v) is 3.62. The highest BCUT2D eigenvalue weighted by Gasteiger charge is 2.37. The lowest BCUT2D eigenvalue weighted by Crippen LogP contribution is -2.44. The highest BCUT2D eigenvalue weighted by atomic mass is 35.5. The maximum absolute atomic E-state index is 12.2. The van der Waals surface area contributed by atoms with Crippen LogP contribution in [-0.4, -0.2) is 36.1 Å². The number of carbonyl (C=O) groups excluding carboxylic acids is 1. The van der Waals surface area contributed by atoms with Gasteiger partial charge in [-0.25, -0.2) is 4.98 Å². The van der Waals surface area contributed by atoms with Crippen molar-refractivity contribution in [1.29, 1.82) is 0 Å². The van der Waals surface area contributed by atoms with Gasteiger partial charge in [0.25, 0.3) is 0 Å². The zero-order valence-corrected chi connectivity index (χ0v) is 13.3.